The lowest BCUT2D eigenvalue weighted by Crippen LogP contribution is -2.30. The summed E-state index contributed by atoms with van der Waals surface area (Å²) < 4.78 is 14.7. The molecule has 0 unspecified atom stereocenters. The molecule has 2 aliphatic rings. The Morgan fingerprint density at radius 3 is 2.45 bits per heavy atom. The van der Waals surface area contributed by atoms with E-state index in [4.69, 9.17) is 9.47 Å². The summed E-state index contributed by atoms with van der Waals surface area (Å²) in [7, 11) is 4.08. The zero-order valence-corrected chi connectivity index (χ0v) is 17.9. The molecule has 0 atom stereocenters. The second-order valence-corrected chi connectivity index (χ2v) is 7.08. The van der Waals surface area contributed by atoms with E-state index in [1.165, 1.54) is 14.2 Å². The number of benzene rings is 1. The third-order valence-corrected chi connectivity index (χ3v) is 5.22. The van der Waals surface area contributed by atoms with Crippen molar-refractivity contribution in [2.45, 2.75) is 19.3 Å². The van der Waals surface area contributed by atoms with Crippen molar-refractivity contribution in [1.82, 2.24) is 10.2 Å². The number of hydrogen-bond donors (Lipinski definition) is 1. The molecule has 1 aliphatic carbocycles. The molecule has 0 bridgehead atoms. The largest absolute Gasteiger partial charge is 0.497 e. The van der Waals surface area contributed by atoms with Crippen molar-refractivity contribution < 1.29 is 28.6 Å². The van der Waals surface area contributed by atoms with Gasteiger partial charge in [0.05, 0.1) is 27.4 Å². The molecule has 31 heavy (non-hydrogen) atoms. The topological polar surface area (TPSA) is 94.2 Å². The molecule has 0 radical (unpaired) electrons. The molecule has 1 saturated heterocycles. The van der Waals surface area contributed by atoms with Crippen LogP contribution < -0.4 is 10.1 Å². The van der Waals surface area contributed by atoms with Gasteiger partial charge in [0.15, 0.2) is 5.78 Å². The first kappa shape index (κ1) is 22.1. The minimum absolute atomic E-state index is 0.0286. The molecule has 0 aromatic heterocycles. The fourth-order valence-electron chi connectivity index (χ4n) is 3.67. The molecule has 1 heterocycles. The number of ketones is 1. The summed E-state index contributed by atoms with van der Waals surface area (Å²) >= 11 is 0. The van der Waals surface area contributed by atoms with E-state index >= 15 is 0 Å². The second-order valence-electron chi connectivity index (χ2n) is 7.08. The summed E-state index contributed by atoms with van der Waals surface area (Å²) in [6, 6.07) is 7.49. The number of carbonyl (C=O) groups excluding carboxylic acids is 3. The maximum absolute atomic E-state index is 13.3. The van der Waals surface area contributed by atoms with Crippen molar-refractivity contribution in [1.29, 1.82) is 0 Å². The Labute approximate surface area is 181 Å². The number of nitrogens with one attached hydrogen (secondary N) is 1. The van der Waals surface area contributed by atoms with Crippen LogP contribution in [-0.4, -0.2) is 57.0 Å². The third kappa shape index (κ3) is 4.96. The molecule has 8 nitrogen and oxygen atoms in total. The van der Waals surface area contributed by atoms with Crippen LogP contribution in [0.1, 0.15) is 24.8 Å². The Kier molecular flexibility index (Phi) is 7.12. The van der Waals surface area contributed by atoms with Crippen molar-refractivity contribution in [2.24, 2.45) is 0 Å². The van der Waals surface area contributed by atoms with Gasteiger partial charge in [-0.1, -0.05) is 12.1 Å². The van der Waals surface area contributed by atoms with Crippen LogP contribution in [0.4, 0.5) is 0 Å². The van der Waals surface area contributed by atoms with E-state index in [-0.39, 0.29) is 11.5 Å². The minimum Gasteiger partial charge on any atom is -0.497 e. The van der Waals surface area contributed by atoms with Gasteiger partial charge in [-0.15, -0.1) is 0 Å². The summed E-state index contributed by atoms with van der Waals surface area (Å²) in [4.78, 5) is 39.0. The van der Waals surface area contributed by atoms with Gasteiger partial charge in [0.2, 0.25) is 0 Å². The number of hydrogen-bond acceptors (Lipinski definition) is 8. The molecule has 2 fully saturated rings. The molecule has 8 heteroatoms. The number of ether oxygens (including phenoxy) is 3. The Morgan fingerprint density at radius 2 is 1.81 bits per heavy atom. The minimum atomic E-state index is -0.676. The van der Waals surface area contributed by atoms with E-state index in [9.17, 15) is 14.4 Å². The van der Waals surface area contributed by atoms with Crippen molar-refractivity contribution in [3.05, 3.63) is 58.6 Å². The highest BCUT2D eigenvalue weighted by Gasteiger charge is 2.33. The number of carbonyl (C=O) groups is 3. The Morgan fingerprint density at radius 1 is 1.06 bits per heavy atom. The monoisotopic (exact) mass is 426 g/mol. The van der Waals surface area contributed by atoms with Crippen molar-refractivity contribution in [3.8, 4) is 5.75 Å². The summed E-state index contributed by atoms with van der Waals surface area (Å²) in [5.41, 5.74) is 2.22. The summed E-state index contributed by atoms with van der Waals surface area (Å²) in [6.07, 6.45) is 5.01. The average Bonchev–Trinajstić information content (AvgIpc) is 3.27. The Balaban J connectivity index is 1.95. The molecule has 0 amide bonds. The van der Waals surface area contributed by atoms with Crippen LogP contribution >= 0.6 is 0 Å². The lowest BCUT2D eigenvalue weighted by molar-refractivity contribution is -0.139. The normalized spacial score (nSPS) is 20.5. The van der Waals surface area contributed by atoms with E-state index < -0.39 is 11.9 Å². The highest BCUT2D eigenvalue weighted by atomic mass is 16.5. The van der Waals surface area contributed by atoms with Gasteiger partial charge in [0.25, 0.3) is 0 Å². The molecular weight excluding hydrogens is 400 g/mol. The van der Waals surface area contributed by atoms with Gasteiger partial charge >= 0.3 is 11.9 Å². The van der Waals surface area contributed by atoms with E-state index in [0.29, 0.717) is 42.9 Å². The second kappa shape index (κ2) is 9.97. The number of rotatable bonds is 5. The van der Waals surface area contributed by atoms with Gasteiger partial charge in [0, 0.05) is 24.2 Å². The predicted molar refractivity (Wildman–Crippen MR) is 114 cm³/mol. The number of Topliss-reactive ketones (excluding diaryl/α,β-unsaturated/α-hetero) is 1. The zero-order chi connectivity index (χ0) is 22.4. The van der Waals surface area contributed by atoms with Gasteiger partial charge < -0.3 is 24.4 Å². The smallest absolute Gasteiger partial charge is 0.355 e. The van der Waals surface area contributed by atoms with E-state index in [2.05, 4.69) is 10.1 Å². The van der Waals surface area contributed by atoms with Crippen LogP contribution in [0.15, 0.2) is 53.0 Å². The SMILES string of the molecule is COC(=O)/C=C(/C(=O)OC)N1CCNC1=C1CCCC(=Cc2ccc(OC)cc2)C1=O. The Bertz CT molecular complexity index is 959. The van der Waals surface area contributed by atoms with Gasteiger partial charge in [0.1, 0.15) is 17.3 Å². The van der Waals surface area contributed by atoms with Crippen LogP contribution in [-0.2, 0) is 23.9 Å². The maximum atomic E-state index is 13.3. The lowest BCUT2D eigenvalue weighted by atomic mass is 9.87. The molecule has 164 valence electrons. The summed E-state index contributed by atoms with van der Waals surface area (Å²) in [6.45, 7) is 0.945. The summed E-state index contributed by atoms with van der Waals surface area (Å²) in [5.74, 6) is -0.140. The van der Waals surface area contributed by atoms with Gasteiger partial charge in [-0.3, -0.25) is 4.79 Å². The predicted octanol–water partition coefficient (Wildman–Crippen LogP) is 2.18. The maximum Gasteiger partial charge on any atom is 0.355 e. The molecule has 1 aromatic rings. The standard InChI is InChI=1S/C23H26N2O6/c1-29-17-9-7-15(8-10-17)13-16-5-4-6-18(21(16)27)22-24-11-12-25(22)19(23(28)31-3)14-20(26)30-2/h7-10,13-14,24H,4-6,11-12H2,1-3H3/b16-13?,19-14-,22-18?. The molecular formula is C23H26N2O6. The van der Waals surface area contributed by atoms with E-state index in [0.717, 1.165) is 23.8 Å². The Hall–Kier alpha value is -3.55. The first-order valence-electron chi connectivity index (χ1n) is 10.00. The third-order valence-electron chi connectivity index (χ3n) is 5.22. The number of allylic oxidation sites excluding steroid dienone is 2. The quantitative estimate of drug-likeness (QED) is 0.566. The fraction of sp³-hybridized carbons (Fsp3) is 0.348. The van der Waals surface area contributed by atoms with E-state index in [1.54, 1.807) is 12.0 Å². The van der Waals surface area contributed by atoms with Gasteiger partial charge in [-0.25, -0.2) is 9.59 Å². The number of esters is 2. The van der Waals surface area contributed by atoms with Crippen LogP contribution in [0.25, 0.3) is 6.08 Å². The molecule has 1 saturated carbocycles. The molecule has 1 N–H and O–H groups in total. The molecule has 1 aliphatic heterocycles. The van der Waals surface area contributed by atoms with Crippen LogP contribution in [0.3, 0.4) is 0 Å². The highest BCUT2D eigenvalue weighted by molar-refractivity contribution is 6.12. The zero-order valence-electron chi connectivity index (χ0n) is 17.9. The van der Waals surface area contributed by atoms with Crippen molar-refractivity contribution in [2.75, 3.05) is 34.4 Å². The highest BCUT2D eigenvalue weighted by Crippen LogP contribution is 2.31. The number of nitrogens with zero attached hydrogens (tertiary/aromatic N) is 1. The first-order valence-corrected chi connectivity index (χ1v) is 10.00. The summed E-state index contributed by atoms with van der Waals surface area (Å²) in [5, 5.41) is 3.20. The lowest BCUT2D eigenvalue weighted by Gasteiger charge is -2.25. The number of methoxy groups -OCH3 is 3. The molecule has 0 spiro atoms. The van der Waals surface area contributed by atoms with E-state index in [1.807, 2.05) is 30.3 Å². The first-order chi connectivity index (χ1) is 15.0. The molecule has 1 aromatic carbocycles. The van der Waals surface area contributed by atoms with Crippen LogP contribution in [0.5, 0.6) is 5.75 Å². The van der Waals surface area contributed by atoms with Gasteiger partial charge in [-0.2, -0.15) is 0 Å². The van der Waals surface area contributed by atoms with Crippen LogP contribution in [0.2, 0.25) is 0 Å². The fourth-order valence-corrected chi connectivity index (χ4v) is 3.67. The van der Waals surface area contributed by atoms with Gasteiger partial charge in [-0.05, 0) is 43.0 Å². The van der Waals surface area contributed by atoms with Crippen LogP contribution in [0, 0.1) is 0 Å². The average molecular weight is 426 g/mol. The van der Waals surface area contributed by atoms with Crippen molar-refractivity contribution >= 4 is 23.8 Å². The van der Waals surface area contributed by atoms with Crippen molar-refractivity contribution in [3.63, 3.8) is 0 Å². The molecule has 3 rings (SSSR count).